The predicted molar refractivity (Wildman–Crippen MR) is 82.2 cm³/mol. The number of nitrogens with one attached hydrogen (secondary N) is 1. The van der Waals surface area contributed by atoms with Crippen LogP contribution in [0.1, 0.15) is 25.7 Å². The number of nitrogens with zero attached hydrogens (tertiary/aromatic N) is 2. The van der Waals surface area contributed by atoms with Crippen LogP contribution < -0.4 is 10.2 Å². The van der Waals surface area contributed by atoms with Gasteiger partial charge < -0.3 is 15.1 Å². The lowest BCUT2D eigenvalue weighted by Crippen LogP contribution is -2.39. The molecule has 1 aromatic carbocycles. The number of amides is 1. The molecule has 20 heavy (non-hydrogen) atoms. The average molecular weight is 273 g/mol. The van der Waals surface area contributed by atoms with Crippen LogP contribution in [0.25, 0.3) is 0 Å². The fourth-order valence-electron chi connectivity index (χ4n) is 3.18. The lowest BCUT2D eigenvalue weighted by Gasteiger charge is -2.31. The Kier molecular flexibility index (Phi) is 3.92. The number of carbonyl (C=O) groups is 1. The number of piperidine rings is 1. The first kappa shape index (κ1) is 13.4. The Morgan fingerprint density at radius 1 is 1.15 bits per heavy atom. The first-order valence-corrected chi connectivity index (χ1v) is 7.58. The highest BCUT2D eigenvalue weighted by Crippen LogP contribution is 2.24. The van der Waals surface area contributed by atoms with Crippen LogP contribution in [0.4, 0.5) is 11.4 Å². The maximum absolute atomic E-state index is 11.7. The minimum Gasteiger partial charge on any atom is -0.381 e. The molecule has 0 bridgehead atoms. The van der Waals surface area contributed by atoms with Crippen molar-refractivity contribution in [2.45, 2.75) is 31.7 Å². The van der Waals surface area contributed by atoms with Crippen molar-refractivity contribution in [1.82, 2.24) is 4.90 Å². The second-order valence-electron chi connectivity index (χ2n) is 5.94. The zero-order valence-electron chi connectivity index (χ0n) is 12.1. The van der Waals surface area contributed by atoms with Crippen LogP contribution in [0.3, 0.4) is 0 Å². The maximum atomic E-state index is 11.7. The van der Waals surface area contributed by atoms with Crippen LogP contribution in [0.5, 0.6) is 0 Å². The zero-order chi connectivity index (χ0) is 13.9. The van der Waals surface area contributed by atoms with E-state index in [4.69, 9.17) is 0 Å². The third-order valence-corrected chi connectivity index (χ3v) is 4.25. The van der Waals surface area contributed by atoms with Crippen molar-refractivity contribution >= 4 is 17.3 Å². The molecule has 2 saturated heterocycles. The summed E-state index contributed by atoms with van der Waals surface area (Å²) in [7, 11) is 2.18. The van der Waals surface area contributed by atoms with E-state index < -0.39 is 0 Å². The lowest BCUT2D eigenvalue weighted by atomic mass is 10.1. The number of likely N-dealkylation sites (N-methyl/N-ethyl adjacent to an activating group) is 1. The summed E-state index contributed by atoms with van der Waals surface area (Å²) in [5.41, 5.74) is 2.18. The van der Waals surface area contributed by atoms with Crippen LogP contribution in [0.2, 0.25) is 0 Å². The highest BCUT2D eigenvalue weighted by Gasteiger charge is 2.21. The number of carbonyl (C=O) groups excluding carboxylic acids is 1. The second-order valence-corrected chi connectivity index (χ2v) is 5.94. The van der Waals surface area contributed by atoms with E-state index >= 15 is 0 Å². The van der Waals surface area contributed by atoms with Crippen LogP contribution in [0, 0.1) is 0 Å². The zero-order valence-corrected chi connectivity index (χ0v) is 12.1. The molecule has 2 fully saturated rings. The Hall–Kier alpha value is -1.55. The van der Waals surface area contributed by atoms with Crippen molar-refractivity contribution in [2.24, 2.45) is 0 Å². The topological polar surface area (TPSA) is 35.6 Å². The van der Waals surface area contributed by atoms with Crippen molar-refractivity contribution in [3.63, 3.8) is 0 Å². The highest BCUT2D eigenvalue weighted by atomic mass is 16.2. The molecule has 3 rings (SSSR count). The van der Waals surface area contributed by atoms with Gasteiger partial charge in [-0.25, -0.2) is 0 Å². The molecule has 2 aliphatic heterocycles. The SMILES string of the molecule is CN1CCCC(Nc2ccc(N3CCCC3=O)cc2)C1. The number of hydrogen-bond acceptors (Lipinski definition) is 3. The quantitative estimate of drug-likeness (QED) is 0.918. The lowest BCUT2D eigenvalue weighted by molar-refractivity contribution is -0.117. The highest BCUT2D eigenvalue weighted by molar-refractivity contribution is 5.95. The molecule has 1 unspecified atom stereocenters. The number of anilines is 2. The fraction of sp³-hybridized carbons (Fsp3) is 0.562. The van der Waals surface area contributed by atoms with Gasteiger partial charge in [-0.05, 0) is 57.1 Å². The molecule has 2 heterocycles. The number of rotatable bonds is 3. The second kappa shape index (κ2) is 5.83. The summed E-state index contributed by atoms with van der Waals surface area (Å²) < 4.78 is 0. The monoisotopic (exact) mass is 273 g/mol. The van der Waals surface area contributed by atoms with Crippen molar-refractivity contribution in [2.75, 3.05) is 36.9 Å². The third kappa shape index (κ3) is 2.96. The van der Waals surface area contributed by atoms with E-state index in [2.05, 4.69) is 41.5 Å². The summed E-state index contributed by atoms with van der Waals surface area (Å²) in [6, 6.07) is 8.83. The van der Waals surface area contributed by atoms with E-state index in [1.807, 2.05) is 4.90 Å². The molecule has 0 spiro atoms. The van der Waals surface area contributed by atoms with Gasteiger partial charge in [0.15, 0.2) is 0 Å². The van der Waals surface area contributed by atoms with Crippen molar-refractivity contribution in [3.8, 4) is 0 Å². The third-order valence-electron chi connectivity index (χ3n) is 4.25. The molecule has 4 heteroatoms. The Bertz CT molecular complexity index is 471. The van der Waals surface area contributed by atoms with Crippen molar-refractivity contribution in [3.05, 3.63) is 24.3 Å². The van der Waals surface area contributed by atoms with Gasteiger partial charge in [-0.3, -0.25) is 4.79 Å². The van der Waals surface area contributed by atoms with Crippen LogP contribution in [0.15, 0.2) is 24.3 Å². The molecule has 0 aliphatic carbocycles. The Labute approximate surface area is 120 Å². The largest absolute Gasteiger partial charge is 0.381 e. The van der Waals surface area contributed by atoms with Gasteiger partial charge in [0.1, 0.15) is 0 Å². The van der Waals surface area contributed by atoms with Gasteiger partial charge in [0.25, 0.3) is 0 Å². The molecule has 0 saturated carbocycles. The molecule has 0 radical (unpaired) electrons. The Morgan fingerprint density at radius 2 is 1.95 bits per heavy atom. The molecule has 1 amide bonds. The van der Waals surface area contributed by atoms with E-state index in [1.165, 1.54) is 19.4 Å². The molecular formula is C16H23N3O. The summed E-state index contributed by atoms with van der Waals surface area (Å²) >= 11 is 0. The van der Waals surface area contributed by atoms with Crippen LogP contribution >= 0.6 is 0 Å². The van der Waals surface area contributed by atoms with Crippen LogP contribution in [-0.2, 0) is 4.79 Å². The normalized spacial score (nSPS) is 24.1. The van der Waals surface area contributed by atoms with Crippen LogP contribution in [-0.4, -0.2) is 43.5 Å². The summed E-state index contributed by atoms with van der Waals surface area (Å²) in [5.74, 6) is 0.250. The van der Waals surface area contributed by atoms with Crippen molar-refractivity contribution in [1.29, 1.82) is 0 Å². The number of likely N-dealkylation sites (tertiary alicyclic amines) is 1. The molecule has 108 valence electrons. The van der Waals surface area contributed by atoms with Gasteiger partial charge in [-0.2, -0.15) is 0 Å². The molecule has 4 nitrogen and oxygen atoms in total. The maximum Gasteiger partial charge on any atom is 0.227 e. The minimum absolute atomic E-state index is 0.250. The van der Waals surface area contributed by atoms with E-state index in [-0.39, 0.29) is 5.91 Å². The smallest absolute Gasteiger partial charge is 0.227 e. The standard InChI is InChI=1S/C16H23N3O/c1-18-10-2-4-14(12-18)17-13-6-8-15(9-7-13)19-11-3-5-16(19)20/h6-9,14,17H,2-5,10-12H2,1H3. The van der Waals surface area contributed by atoms with Gasteiger partial charge in [0.2, 0.25) is 5.91 Å². The first-order chi connectivity index (χ1) is 9.72. The summed E-state index contributed by atoms with van der Waals surface area (Å²) in [4.78, 5) is 16.0. The average Bonchev–Trinajstić information content (AvgIpc) is 2.86. The summed E-state index contributed by atoms with van der Waals surface area (Å²) in [6.07, 6.45) is 4.16. The van der Waals surface area contributed by atoms with E-state index in [0.717, 1.165) is 30.9 Å². The van der Waals surface area contributed by atoms with Gasteiger partial charge in [0.05, 0.1) is 0 Å². The van der Waals surface area contributed by atoms with Gasteiger partial charge in [-0.1, -0.05) is 0 Å². The van der Waals surface area contributed by atoms with Gasteiger partial charge >= 0.3 is 0 Å². The molecular weight excluding hydrogens is 250 g/mol. The first-order valence-electron chi connectivity index (χ1n) is 7.58. The Balaban J connectivity index is 1.62. The molecule has 0 aromatic heterocycles. The van der Waals surface area contributed by atoms with Gasteiger partial charge in [-0.15, -0.1) is 0 Å². The van der Waals surface area contributed by atoms with E-state index in [0.29, 0.717) is 12.5 Å². The van der Waals surface area contributed by atoms with Crippen molar-refractivity contribution < 1.29 is 4.79 Å². The predicted octanol–water partition coefficient (Wildman–Crippen LogP) is 2.32. The summed E-state index contributed by atoms with van der Waals surface area (Å²) in [6.45, 7) is 3.17. The summed E-state index contributed by atoms with van der Waals surface area (Å²) in [5, 5.41) is 3.60. The molecule has 1 N–H and O–H groups in total. The van der Waals surface area contributed by atoms with E-state index in [9.17, 15) is 4.79 Å². The van der Waals surface area contributed by atoms with Gasteiger partial charge in [0, 0.05) is 36.9 Å². The number of benzene rings is 1. The molecule has 1 aromatic rings. The molecule has 1 atom stereocenters. The Morgan fingerprint density at radius 3 is 2.60 bits per heavy atom. The number of hydrogen-bond donors (Lipinski definition) is 1. The van der Waals surface area contributed by atoms with E-state index in [1.54, 1.807) is 0 Å². The fourth-order valence-corrected chi connectivity index (χ4v) is 3.18. The minimum atomic E-state index is 0.250. The molecule has 2 aliphatic rings.